The monoisotopic (exact) mass is 257 g/mol. The molecule has 1 heterocycles. The van der Waals surface area contributed by atoms with Crippen molar-refractivity contribution in [1.82, 2.24) is 9.97 Å². The lowest BCUT2D eigenvalue weighted by molar-refractivity contribution is 0.458. The predicted octanol–water partition coefficient (Wildman–Crippen LogP) is 3.54. The first-order valence-corrected chi connectivity index (χ1v) is 6.37. The molecule has 0 spiro atoms. The van der Waals surface area contributed by atoms with E-state index in [0.717, 1.165) is 12.2 Å². The summed E-state index contributed by atoms with van der Waals surface area (Å²) in [5.74, 6) is 1.57. The maximum absolute atomic E-state index is 5.61. The van der Waals surface area contributed by atoms with E-state index in [0.29, 0.717) is 11.7 Å². The Morgan fingerprint density at radius 1 is 1.11 bits per heavy atom. The van der Waals surface area contributed by atoms with Crippen LogP contribution in [0.3, 0.4) is 0 Å². The van der Waals surface area contributed by atoms with Crippen LogP contribution in [0.25, 0.3) is 0 Å². The van der Waals surface area contributed by atoms with E-state index in [1.807, 2.05) is 12.1 Å². The number of rotatable bonds is 4. The third-order valence-corrected chi connectivity index (χ3v) is 3.39. The molecular formula is C15H19N3O. The van der Waals surface area contributed by atoms with Gasteiger partial charge in [0.05, 0.1) is 12.4 Å². The Morgan fingerprint density at radius 2 is 1.79 bits per heavy atom. The molecule has 2 aromatic rings. The third-order valence-electron chi connectivity index (χ3n) is 3.39. The summed E-state index contributed by atoms with van der Waals surface area (Å²) in [6.07, 6.45) is 4.08. The van der Waals surface area contributed by atoms with E-state index in [-0.39, 0.29) is 5.41 Å². The summed E-state index contributed by atoms with van der Waals surface area (Å²) in [5, 5.41) is 0. The van der Waals surface area contributed by atoms with Crippen molar-refractivity contribution < 1.29 is 4.74 Å². The van der Waals surface area contributed by atoms with Crippen LogP contribution in [0.1, 0.15) is 32.8 Å². The highest BCUT2D eigenvalue weighted by atomic mass is 16.5. The molecule has 4 heteroatoms. The summed E-state index contributed by atoms with van der Waals surface area (Å²) >= 11 is 0. The van der Waals surface area contributed by atoms with Gasteiger partial charge >= 0.3 is 0 Å². The van der Waals surface area contributed by atoms with Gasteiger partial charge in [0.1, 0.15) is 11.6 Å². The maximum Gasteiger partial charge on any atom is 0.237 e. The molecule has 0 radical (unpaired) electrons. The highest BCUT2D eigenvalue weighted by Gasteiger charge is 2.17. The molecule has 0 aliphatic carbocycles. The first-order valence-electron chi connectivity index (χ1n) is 6.37. The molecule has 1 aromatic carbocycles. The fourth-order valence-corrected chi connectivity index (χ4v) is 1.68. The summed E-state index contributed by atoms with van der Waals surface area (Å²) < 4.78 is 5.61. The van der Waals surface area contributed by atoms with Crippen LogP contribution in [0.15, 0.2) is 36.7 Å². The number of nitrogens with two attached hydrogens (primary N) is 1. The van der Waals surface area contributed by atoms with Gasteiger partial charge in [-0.3, -0.25) is 0 Å². The summed E-state index contributed by atoms with van der Waals surface area (Å²) in [6, 6.07) is 8.07. The Labute approximate surface area is 113 Å². The molecule has 0 atom stereocenters. The van der Waals surface area contributed by atoms with Crippen LogP contribution in [0.4, 0.5) is 5.82 Å². The van der Waals surface area contributed by atoms with Gasteiger partial charge in [-0.2, -0.15) is 0 Å². The van der Waals surface area contributed by atoms with Gasteiger partial charge in [-0.25, -0.2) is 9.97 Å². The van der Waals surface area contributed by atoms with Gasteiger partial charge in [0.15, 0.2) is 0 Å². The van der Waals surface area contributed by atoms with Crippen molar-refractivity contribution >= 4 is 5.82 Å². The van der Waals surface area contributed by atoms with E-state index in [1.54, 1.807) is 0 Å². The van der Waals surface area contributed by atoms with Crippen molar-refractivity contribution in [1.29, 1.82) is 0 Å². The van der Waals surface area contributed by atoms with Crippen LogP contribution in [0.2, 0.25) is 0 Å². The standard InChI is InChI=1S/C15H19N3O/c1-4-15(2,3)11-5-7-12(8-6-11)19-14-10-17-13(16)9-18-14/h5-10H,4H2,1-3H3,(H2,16,17). The average Bonchev–Trinajstić information content (AvgIpc) is 2.42. The molecule has 0 aliphatic heterocycles. The number of aromatic nitrogens is 2. The Morgan fingerprint density at radius 3 is 2.32 bits per heavy atom. The fraction of sp³-hybridized carbons (Fsp3) is 0.333. The molecule has 4 nitrogen and oxygen atoms in total. The smallest absolute Gasteiger partial charge is 0.237 e. The zero-order valence-corrected chi connectivity index (χ0v) is 11.6. The molecule has 0 saturated carbocycles. The van der Waals surface area contributed by atoms with Gasteiger partial charge in [0.2, 0.25) is 5.88 Å². The Kier molecular flexibility index (Phi) is 3.69. The van der Waals surface area contributed by atoms with Crippen LogP contribution in [-0.4, -0.2) is 9.97 Å². The third kappa shape index (κ3) is 3.22. The highest BCUT2D eigenvalue weighted by Crippen LogP contribution is 2.29. The highest BCUT2D eigenvalue weighted by molar-refractivity contribution is 5.34. The van der Waals surface area contributed by atoms with E-state index >= 15 is 0 Å². The van der Waals surface area contributed by atoms with Gasteiger partial charge in [0, 0.05) is 0 Å². The fourth-order valence-electron chi connectivity index (χ4n) is 1.68. The second kappa shape index (κ2) is 5.26. The molecular weight excluding hydrogens is 238 g/mol. The zero-order chi connectivity index (χ0) is 13.9. The minimum atomic E-state index is 0.180. The molecule has 0 fully saturated rings. The van der Waals surface area contributed by atoms with Crippen molar-refractivity contribution in [2.24, 2.45) is 0 Å². The largest absolute Gasteiger partial charge is 0.438 e. The van der Waals surface area contributed by atoms with Gasteiger partial charge < -0.3 is 10.5 Å². The number of ether oxygens (including phenoxy) is 1. The Hall–Kier alpha value is -2.10. The minimum Gasteiger partial charge on any atom is -0.438 e. The Balaban J connectivity index is 2.13. The minimum absolute atomic E-state index is 0.180. The van der Waals surface area contributed by atoms with Crippen molar-refractivity contribution in [3.8, 4) is 11.6 Å². The topological polar surface area (TPSA) is 61.0 Å². The van der Waals surface area contributed by atoms with Crippen LogP contribution in [0, 0.1) is 0 Å². The van der Waals surface area contributed by atoms with E-state index in [4.69, 9.17) is 10.5 Å². The van der Waals surface area contributed by atoms with E-state index in [9.17, 15) is 0 Å². The summed E-state index contributed by atoms with van der Waals surface area (Å²) in [7, 11) is 0. The van der Waals surface area contributed by atoms with Crippen molar-refractivity contribution in [3.63, 3.8) is 0 Å². The van der Waals surface area contributed by atoms with Crippen LogP contribution < -0.4 is 10.5 Å². The molecule has 19 heavy (non-hydrogen) atoms. The number of anilines is 1. The SMILES string of the molecule is CCC(C)(C)c1ccc(Oc2cnc(N)cn2)cc1. The molecule has 1 aromatic heterocycles. The summed E-state index contributed by atoms with van der Waals surface area (Å²) in [5.41, 5.74) is 6.95. The van der Waals surface area contributed by atoms with Gasteiger partial charge in [-0.15, -0.1) is 0 Å². The van der Waals surface area contributed by atoms with Crippen molar-refractivity contribution in [2.45, 2.75) is 32.6 Å². The number of hydrogen-bond donors (Lipinski definition) is 1. The molecule has 100 valence electrons. The zero-order valence-electron chi connectivity index (χ0n) is 11.6. The average molecular weight is 257 g/mol. The van der Waals surface area contributed by atoms with Gasteiger partial charge in [-0.05, 0) is 29.5 Å². The maximum atomic E-state index is 5.61. The summed E-state index contributed by atoms with van der Waals surface area (Å²) in [6.45, 7) is 6.65. The predicted molar refractivity (Wildman–Crippen MR) is 76.3 cm³/mol. The number of benzene rings is 1. The normalized spacial score (nSPS) is 11.3. The van der Waals surface area contributed by atoms with Gasteiger partial charge in [-0.1, -0.05) is 32.9 Å². The van der Waals surface area contributed by atoms with E-state index < -0.39 is 0 Å². The lowest BCUT2D eigenvalue weighted by atomic mass is 9.82. The first kappa shape index (κ1) is 13.3. The molecule has 0 amide bonds. The van der Waals surface area contributed by atoms with E-state index in [1.165, 1.54) is 18.0 Å². The van der Waals surface area contributed by atoms with Crippen molar-refractivity contribution in [3.05, 3.63) is 42.2 Å². The van der Waals surface area contributed by atoms with Crippen LogP contribution >= 0.6 is 0 Å². The molecule has 2 N–H and O–H groups in total. The molecule has 0 aliphatic rings. The molecule has 0 bridgehead atoms. The number of nitrogens with zero attached hydrogens (tertiary/aromatic N) is 2. The lowest BCUT2D eigenvalue weighted by Gasteiger charge is -2.23. The molecule has 0 saturated heterocycles. The Bertz CT molecular complexity index is 532. The van der Waals surface area contributed by atoms with Crippen LogP contribution in [0.5, 0.6) is 11.6 Å². The number of nitrogen functional groups attached to an aromatic ring is 1. The molecule has 2 rings (SSSR count). The quantitative estimate of drug-likeness (QED) is 0.910. The lowest BCUT2D eigenvalue weighted by Crippen LogP contribution is -2.14. The summed E-state index contributed by atoms with van der Waals surface area (Å²) in [4.78, 5) is 7.99. The van der Waals surface area contributed by atoms with Crippen molar-refractivity contribution in [2.75, 3.05) is 5.73 Å². The first-order chi connectivity index (χ1) is 9.01. The van der Waals surface area contributed by atoms with E-state index in [2.05, 4.69) is 42.9 Å². The molecule has 0 unspecified atom stereocenters. The van der Waals surface area contributed by atoms with Crippen LogP contribution in [-0.2, 0) is 5.41 Å². The second-order valence-corrected chi connectivity index (χ2v) is 5.14. The number of hydrogen-bond acceptors (Lipinski definition) is 4. The second-order valence-electron chi connectivity index (χ2n) is 5.14. The van der Waals surface area contributed by atoms with Gasteiger partial charge in [0.25, 0.3) is 0 Å².